The van der Waals surface area contributed by atoms with Crippen LogP contribution < -0.4 is 5.32 Å². The second-order valence-electron chi connectivity index (χ2n) is 3.13. The maximum atomic E-state index is 10.3. The van der Waals surface area contributed by atoms with Gasteiger partial charge < -0.3 is 10.4 Å². The Morgan fingerprint density at radius 1 is 1.67 bits per heavy atom. The fourth-order valence-electron chi connectivity index (χ4n) is 1.07. The lowest BCUT2D eigenvalue weighted by molar-refractivity contribution is -0.131. The summed E-state index contributed by atoms with van der Waals surface area (Å²) in [5.41, 5.74) is 1.66. The number of nitrogens with zero attached hydrogens (tertiary/aromatic N) is 2. The molecule has 1 aromatic rings. The van der Waals surface area contributed by atoms with E-state index in [9.17, 15) is 4.79 Å². The Labute approximate surface area is 87.9 Å². The van der Waals surface area contributed by atoms with Gasteiger partial charge >= 0.3 is 5.97 Å². The lowest BCUT2D eigenvalue weighted by Gasteiger charge is -2.03. The molecule has 2 N–H and O–H groups in total. The van der Waals surface area contributed by atoms with Gasteiger partial charge in [0.15, 0.2) is 0 Å². The van der Waals surface area contributed by atoms with Crippen molar-refractivity contribution in [1.29, 1.82) is 0 Å². The summed E-state index contributed by atoms with van der Waals surface area (Å²) in [6.45, 7) is 2.91. The first kappa shape index (κ1) is 11.3. The average molecular weight is 207 g/mol. The van der Waals surface area contributed by atoms with E-state index in [1.165, 1.54) is 12.4 Å². The Morgan fingerprint density at radius 3 is 3.07 bits per heavy atom. The summed E-state index contributed by atoms with van der Waals surface area (Å²) in [6.07, 6.45) is 4.34. The van der Waals surface area contributed by atoms with Gasteiger partial charge in [-0.2, -0.15) is 0 Å². The van der Waals surface area contributed by atoms with Crippen molar-refractivity contribution in [1.82, 2.24) is 15.3 Å². The molecular weight excluding hydrogens is 194 g/mol. The third-order valence-electron chi connectivity index (χ3n) is 1.72. The number of nitrogens with one attached hydrogen (secondary N) is 1. The van der Waals surface area contributed by atoms with Crippen LogP contribution in [0.2, 0.25) is 0 Å². The van der Waals surface area contributed by atoms with Gasteiger partial charge in [0.1, 0.15) is 6.33 Å². The molecule has 0 aliphatic heterocycles. The highest BCUT2D eigenvalue weighted by molar-refractivity contribution is 5.80. The lowest BCUT2D eigenvalue weighted by Crippen LogP contribution is -2.17. The molecule has 0 saturated carbocycles. The SMILES string of the molecule is C/C(=C/C(=O)O)CNCc1ccncn1. The minimum Gasteiger partial charge on any atom is -0.478 e. The molecule has 0 radical (unpaired) electrons. The fourth-order valence-corrected chi connectivity index (χ4v) is 1.07. The van der Waals surface area contributed by atoms with Gasteiger partial charge in [0.05, 0.1) is 5.69 Å². The molecule has 0 bridgehead atoms. The third-order valence-corrected chi connectivity index (χ3v) is 1.72. The first-order valence-corrected chi connectivity index (χ1v) is 4.54. The molecule has 0 fully saturated rings. The third kappa shape index (κ3) is 4.87. The van der Waals surface area contributed by atoms with Crippen molar-refractivity contribution in [2.24, 2.45) is 0 Å². The second kappa shape index (κ2) is 5.87. The van der Waals surface area contributed by atoms with Gasteiger partial charge in [0, 0.05) is 25.4 Å². The first-order valence-electron chi connectivity index (χ1n) is 4.54. The van der Waals surface area contributed by atoms with Crippen molar-refractivity contribution in [2.75, 3.05) is 6.54 Å². The normalized spacial score (nSPS) is 11.4. The van der Waals surface area contributed by atoms with E-state index in [2.05, 4.69) is 15.3 Å². The lowest BCUT2D eigenvalue weighted by atomic mass is 10.3. The predicted octanol–water partition coefficient (Wildman–Crippen LogP) is 0.597. The number of aliphatic carboxylic acids is 1. The predicted molar refractivity (Wildman–Crippen MR) is 55.1 cm³/mol. The summed E-state index contributed by atoms with van der Waals surface area (Å²) in [5.74, 6) is -0.920. The molecular formula is C10H13N3O2. The average Bonchev–Trinajstić information content (AvgIpc) is 2.18. The Morgan fingerprint density at radius 2 is 2.47 bits per heavy atom. The summed E-state index contributed by atoms with van der Waals surface area (Å²) < 4.78 is 0. The van der Waals surface area contributed by atoms with Crippen LogP contribution in [-0.2, 0) is 11.3 Å². The standard InChI is InChI=1S/C10H13N3O2/c1-8(4-10(14)15)5-12-6-9-2-3-11-7-13-9/h2-4,7,12H,5-6H2,1H3,(H,14,15)/b8-4-. The maximum Gasteiger partial charge on any atom is 0.328 e. The van der Waals surface area contributed by atoms with Gasteiger partial charge in [-0.15, -0.1) is 0 Å². The van der Waals surface area contributed by atoms with Crippen LogP contribution in [-0.4, -0.2) is 27.6 Å². The molecule has 0 aromatic carbocycles. The molecule has 5 heteroatoms. The number of carbonyl (C=O) groups is 1. The Balaban J connectivity index is 2.31. The largest absolute Gasteiger partial charge is 0.478 e. The number of rotatable bonds is 5. The number of carboxylic acid groups (broad SMARTS) is 1. The van der Waals surface area contributed by atoms with Crippen molar-refractivity contribution in [2.45, 2.75) is 13.5 Å². The summed E-state index contributed by atoms with van der Waals surface area (Å²) in [5, 5.41) is 11.6. The molecule has 80 valence electrons. The Hall–Kier alpha value is -1.75. The van der Waals surface area contributed by atoms with Crippen LogP contribution in [0.5, 0.6) is 0 Å². The molecule has 0 saturated heterocycles. The maximum absolute atomic E-state index is 10.3. The molecule has 0 aliphatic carbocycles. The topological polar surface area (TPSA) is 75.1 Å². The zero-order valence-electron chi connectivity index (χ0n) is 8.47. The molecule has 0 atom stereocenters. The molecule has 0 spiro atoms. The molecule has 1 heterocycles. The minimum atomic E-state index is -0.920. The Bertz CT molecular complexity index is 349. The van der Waals surface area contributed by atoms with Crippen LogP contribution in [0.25, 0.3) is 0 Å². The quantitative estimate of drug-likeness (QED) is 0.691. The van der Waals surface area contributed by atoms with E-state index >= 15 is 0 Å². The highest BCUT2D eigenvalue weighted by Gasteiger charge is 1.95. The van der Waals surface area contributed by atoms with Crippen molar-refractivity contribution in [3.63, 3.8) is 0 Å². The molecule has 0 amide bonds. The van der Waals surface area contributed by atoms with E-state index in [-0.39, 0.29) is 0 Å². The van der Waals surface area contributed by atoms with Crippen LogP contribution in [0.1, 0.15) is 12.6 Å². The van der Waals surface area contributed by atoms with Crippen LogP contribution >= 0.6 is 0 Å². The molecule has 1 rings (SSSR count). The van der Waals surface area contributed by atoms with Gasteiger partial charge in [0.25, 0.3) is 0 Å². The molecule has 0 aliphatic rings. The Kier molecular flexibility index (Phi) is 4.43. The zero-order chi connectivity index (χ0) is 11.1. The van der Waals surface area contributed by atoms with E-state index < -0.39 is 5.97 Å². The van der Waals surface area contributed by atoms with Gasteiger partial charge in [0.2, 0.25) is 0 Å². The van der Waals surface area contributed by atoms with E-state index in [0.29, 0.717) is 13.1 Å². The van der Waals surface area contributed by atoms with Crippen LogP contribution in [0.3, 0.4) is 0 Å². The summed E-state index contributed by atoms with van der Waals surface area (Å²) in [4.78, 5) is 18.1. The van der Waals surface area contributed by atoms with Crippen molar-refractivity contribution in [3.05, 3.63) is 35.9 Å². The zero-order valence-corrected chi connectivity index (χ0v) is 8.47. The van der Waals surface area contributed by atoms with Gasteiger partial charge in [-0.05, 0) is 13.0 Å². The van der Waals surface area contributed by atoms with Gasteiger partial charge in [-0.1, -0.05) is 5.57 Å². The molecule has 1 aromatic heterocycles. The second-order valence-corrected chi connectivity index (χ2v) is 3.13. The number of carboxylic acids is 1. The van der Waals surface area contributed by atoms with E-state index in [4.69, 9.17) is 5.11 Å². The van der Waals surface area contributed by atoms with Crippen LogP contribution in [0.4, 0.5) is 0 Å². The summed E-state index contributed by atoms with van der Waals surface area (Å²) in [7, 11) is 0. The molecule has 5 nitrogen and oxygen atoms in total. The first-order chi connectivity index (χ1) is 7.18. The molecule has 0 unspecified atom stereocenters. The smallest absolute Gasteiger partial charge is 0.328 e. The number of aromatic nitrogens is 2. The van der Waals surface area contributed by atoms with E-state index in [0.717, 1.165) is 11.3 Å². The van der Waals surface area contributed by atoms with Crippen molar-refractivity contribution >= 4 is 5.97 Å². The number of hydrogen-bond donors (Lipinski definition) is 2. The van der Waals surface area contributed by atoms with E-state index in [1.54, 1.807) is 13.1 Å². The number of hydrogen-bond acceptors (Lipinski definition) is 4. The van der Waals surface area contributed by atoms with Crippen molar-refractivity contribution in [3.8, 4) is 0 Å². The summed E-state index contributed by atoms with van der Waals surface area (Å²) >= 11 is 0. The van der Waals surface area contributed by atoms with Crippen LogP contribution in [0.15, 0.2) is 30.2 Å². The monoisotopic (exact) mass is 207 g/mol. The fraction of sp³-hybridized carbons (Fsp3) is 0.300. The van der Waals surface area contributed by atoms with Crippen molar-refractivity contribution < 1.29 is 9.90 Å². The summed E-state index contributed by atoms with van der Waals surface area (Å²) in [6, 6.07) is 1.81. The minimum absolute atomic E-state index is 0.538. The van der Waals surface area contributed by atoms with Gasteiger partial charge in [-0.25, -0.2) is 14.8 Å². The van der Waals surface area contributed by atoms with Crippen LogP contribution in [0, 0.1) is 0 Å². The molecule has 15 heavy (non-hydrogen) atoms. The highest BCUT2D eigenvalue weighted by atomic mass is 16.4. The van der Waals surface area contributed by atoms with Gasteiger partial charge in [-0.3, -0.25) is 0 Å². The highest BCUT2D eigenvalue weighted by Crippen LogP contribution is 1.93. The van der Waals surface area contributed by atoms with E-state index in [1.807, 2.05) is 6.07 Å².